The standard InChI is InChI=1S/C16H12N4/c1-20-10-14-13-7-11(12-3-2-6-17-8-12)4-5-15(13)18-9-16(14)19-20/h2-10H,1H3. The molecule has 0 fully saturated rings. The van der Waals surface area contributed by atoms with Crippen LogP contribution in [0, 0.1) is 0 Å². The highest BCUT2D eigenvalue weighted by Gasteiger charge is 2.07. The van der Waals surface area contributed by atoms with Crippen molar-refractivity contribution in [1.82, 2.24) is 19.7 Å². The molecule has 4 rings (SSSR count). The second kappa shape index (κ2) is 4.13. The van der Waals surface area contributed by atoms with E-state index in [0.717, 1.165) is 32.9 Å². The van der Waals surface area contributed by atoms with Crippen LogP contribution in [0.1, 0.15) is 0 Å². The summed E-state index contributed by atoms with van der Waals surface area (Å²) in [4.78, 5) is 8.64. The molecule has 0 unspecified atom stereocenters. The average molecular weight is 260 g/mol. The first-order valence-corrected chi connectivity index (χ1v) is 6.44. The van der Waals surface area contributed by atoms with Gasteiger partial charge in [0.2, 0.25) is 0 Å². The van der Waals surface area contributed by atoms with Crippen molar-refractivity contribution in [3.05, 3.63) is 55.1 Å². The fourth-order valence-corrected chi connectivity index (χ4v) is 2.52. The molecule has 0 aliphatic carbocycles. The van der Waals surface area contributed by atoms with E-state index in [2.05, 4.69) is 33.3 Å². The highest BCUT2D eigenvalue weighted by atomic mass is 15.2. The molecule has 0 radical (unpaired) electrons. The van der Waals surface area contributed by atoms with Gasteiger partial charge >= 0.3 is 0 Å². The van der Waals surface area contributed by atoms with Crippen molar-refractivity contribution in [2.24, 2.45) is 7.05 Å². The zero-order chi connectivity index (χ0) is 13.5. The highest BCUT2D eigenvalue weighted by molar-refractivity contribution is 6.05. The lowest BCUT2D eigenvalue weighted by Crippen LogP contribution is -1.85. The number of hydrogen-bond acceptors (Lipinski definition) is 3. The highest BCUT2D eigenvalue weighted by Crippen LogP contribution is 2.27. The third-order valence-corrected chi connectivity index (χ3v) is 3.46. The van der Waals surface area contributed by atoms with Gasteiger partial charge in [-0.05, 0) is 23.8 Å². The van der Waals surface area contributed by atoms with Gasteiger partial charge in [-0.15, -0.1) is 0 Å². The van der Waals surface area contributed by atoms with Gasteiger partial charge in [-0.1, -0.05) is 12.1 Å². The maximum atomic E-state index is 4.47. The SMILES string of the molecule is Cn1cc2c(cnc3ccc(-c4cccnc4)cc32)n1. The lowest BCUT2D eigenvalue weighted by Gasteiger charge is -2.03. The normalized spacial score (nSPS) is 11.2. The smallest absolute Gasteiger partial charge is 0.111 e. The van der Waals surface area contributed by atoms with E-state index in [9.17, 15) is 0 Å². The average Bonchev–Trinajstić information content (AvgIpc) is 2.88. The van der Waals surface area contributed by atoms with Crippen molar-refractivity contribution in [3.63, 3.8) is 0 Å². The predicted molar refractivity (Wildman–Crippen MR) is 79.2 cm³/mol. The van der Waals surface area contributed by atoms with E-state index in [1.165, 1.54) is 0 Å². The lowest BCUT2D eigenvalue weighted by molar-refractivity contribution is 0.779. The summed E-state index contributed by atoms with van der Waals surface area (Å²) in [7, 11) is 1.93. The Labute approximate surface area is 115 Å². The molecule has 0 bridgehead atoms. The van der Waals surface area contributed by atoms with E-state index in [1.807, 2.05) is 42.5 Å². The van der Waals surface area contributed by atoms with Gasteiger partial charge in [0.25, 0.3) is 0 Å². The third kappa shape index (κ3) is 1.66. The molecule has 0 N–H and O–H groups in total. The number of benzene rings is 1. The van der Waals surface area contributed by atoms with Crippen LogP contribution in [-0.4, -0.2) is 19.7 Å². The predicted octanol–water partition coefficient (Wildman–Crippen LogP) is 3.18. The molecule has 4 heteroatoms. The molecule has 20 heavy (non-hydrogen) atoms. The molecule has 96 valence electrons. The number of aromatic nitrogens is 4. The summed E-state index contributed by atoms with van der Waals surface area (Å²) in [5.74, 6) is 0. The molecule has 0 aliphatic rings. The van der Waals surface area contributed by atoms with E-state index in [4.69, 9.17) is 0 Å². The number of fused-ring (bicyclic) bond motifs is 3. The van der Waals surface area contributed by atoms with Gasteiger partial charge in [-0.2, -0.15) is 5.10 Å². The first kappa shape index (κ1) is 11.1. The monoisotopic (exact) mass is 260 g/mol. The van der Waals surface area contributed by atoms with Crippen LogP contribution < -0.4 is 0 Å². The van der Waals surface area contributed by atoms with E-state index >= 15 is 0 Å². The van der Waals surface area contributed by atoms with Crippen LogP contribution in [0.5, 0.6) is 0 Å². The number of pyridine rings is 2. The maximum absolute atomic E-state index is 4.47. The second-order valence-corrected chi connectivity index (χ2v) is 4.83. The zero-order valence-corrected chi connectivity index (χ0v) is 11.0. The molecule has 0 atom stereocenters. The van der Waals surface area contributed by atoms with E-state index in [-0.39, 0.29) is 0 Å². The first-order chi connectivity index (χ1) is 9.81. The Bertz CT molecular complexity index is 910. The maximum Gasteiger partial charge on any atom is 0.111 e. The van der Waals surface area contributed by atoms with Gasteiger partial charge in [-0.25, -0.2) is 0 Å². The van der Waals surface area contributed by atoms with Gasteiger partial charge in [0.1, 0.15) is 5.52 Å². The molecule has 0 spiro atoms. The van der Waals surface area contributed by atoms with E-state index in [0.29, 0.717) is 0 Å². The van der Waals surface area contributed by atoms with Crippen LogP contribution in [0.2, 0.25) is 0 Å². The minimum Gasteiger partial charge on any atom is -0.275 e. The van der Waals surface area contributed by atoms with Gasteiger partial charge < -0.3 is 0 Å². The molecule has 4 nitrogen and oxygen atoms in total. The van der Waals surface area contributed by atoms with Crippen molar-refractivity contribution in [2.45, 2.75) is 0 Å². The Hall–Kier alpha value is -2.75. The van der Waals surface area contributed by atoms with Crippen LogP contribution in [0.15, 0.2) is 55.1 Å². The quantitative estimate of drug-likeness (QED) is 0.528. The summed E-state index contributed by atoms with van der Waals surface area (Å²) in [6.45, 7) is 0. The summed E-state index contributed by atoms with van der Waals surface area (Å²) in [6.07, 6.45) is 7.51. The van der Waals surface area contributed by atoms with E-state index < -0.39 is 0 Å². The summed E-state index contributed by atoms with van der Waals surface area (Å²) in [5, 5.41) is 6.66. The molecule has 4 aromatic rings. The minimum atomic E-state index is 0.920. The Balaban J connectivity index is 2.04. The number of hydrogen-bond donors (Lipinski definition) is 0. The summed E-state index contributed by atoms with van der Waals surface area (Å²) in [6, 6.07) is 10.3. The molecule has 3 heterocycles. The largest absolute Gasteiger partial charge is 0.275 e. The third-order valence-electron chi connectivity index (χ3n) is 3.46. The number of rotatable bonds is 1. The van der Waals surface area contributed by atoms with E-state index in [1.54, 1.807) is 6.20 Å². The number of aryl methyl sites for hydroxylation is 1. The van der Waals surface area contributed by atoms with Crippen molar-refractivity contribution >= 4 is 21.8 Å². The molecule has 0 saturated heterocycles. The van der Waals surface area contributed by atoms with Crippen molar-refractivity contribution in [3.8, 4) is 11.1 Å². The number of nitrogens with zero attached hydrogens (tertiary/aromatic N) is 4. The van der Waals surface area contributed by atoms with Crippen LogP contribution in [0.4, 0.5) is 0 Å². The Morgan fingerprint density at radius 1 is 0.950 bits per heavy atom. The topological polar surface area (TPSA) is 43.6 Å². The molecular formula is C16H12N4. The second-order valence-electron chi connectivity index (χ2n) is 4.83. The summed E-state index contributed by atoms with van der Waals surface area (Å²) in [5.41, 5.74) is 4.15. The van der Waals surface area contributed by atoms with Crippen LogP contribution in [-0.2, 0) is 7.05 Å². The molecule has 0 amide bonds. The Morgan fingerprint density at radius 3 is 2.75 bits per heavy atom. The van der Waals surface area contributed by atoms with Gasteiger partial charge in [0, 0.05) is 42.0 Å². The van der Waals surface area contributed by atoms with Crippen LogP contribution >= 0.6 is 0 Å². The van der Waals surface area contributed by atoms with Crippen molar-refractivity contribution < 1.29 is 0 Å². The fourth-order valence-electron chi connectivity index (χ4n) is 2.52. The molecule has 1 aromatic carbocycles. The van der Waals surface area contributed by atoms with Crippen molar-refractivity contribution in [2.75, 3.05) is 0 Å². The Kier molecular flexibility index (Phi) is 2.29. The molecular weight excluding hydrogens is 248 g/mol. The van der Waals surface area contributed by atoms with Crippen LogP contribution in [0.25, 0.3) is 32.9 Å². The minimum absolute atomic E-state index is 0.920. The van der Waals surface area contributed by atoms with Gasteiger partial charge in [0.05, 0.1) is 11.7 Å². The Morgan fingerprint density at radius 2 is 1.90 bits per heavy atom. The van der Waals surface area contributed by atoms with Crippen molar-refractivity contribution in [1.29, 1.82) is 0 Å². The molecule has 0 saturated carbocycles. The fraction of sp³-hybridized carbons (Fsp3) is 0.0625. The lowest BCUT2D eigenvalue weighted by atomic mass is 10.0. The molecule has 0 aliphatic heterocycles. The summed E-state index contributed by atoms with van der Waals surface area (Å²) < 4.78 is 1.82. The summed E-state index contributed by atoms with van der Waals surface area (Å²) >= 11 is 0. The van der Waals surface area contributed by atoms with Gasteiger partial charge in [0.15, 0.2) is 0 Å². The van der Waals surface area contributed by atoms with Crippen LogP contribution in [0.3, 0.4) is 0 Å². The first-order valence-electron chi connectivity index (χ1n) is 6.44. The molecule has 3 aromatic heterocycles. The zero-order valence-electron chi connectivity index (χ0n) is 11.0. The van der Waals surface area contributed by atoms with Gasteiger partial charge in [-0.3, -0.25) is 14.6 Å².